The fourth-order valence-electron chi connectivity index (χ4n) is 4.08. The summed E-state index contributed by atoms with van der Waals surface area (Å²) in [5.74, 6) is 2.35. The molecule has 0 aromatic carbocycles. The Balaban J connectivity index is 1.27. The molecule has 8 nitrogen and oxygen atoms in total. The second-order valence-corrected chi connectivity index (χ2v) is 9.33. The average Bonchev–Trinajstić information content (AvgIpc) is 3.55. The van der Waals surface area contributed by atoms with Crippen molar-refractivity contribution >= 4 is 11.6 Å². The first-order valence-electron chi connectivity index (χ1n) is 11.5. The summed E-state index contributed by atoms with van der Waals surface area (Å²) in [6.45, 7) is 5.90. The van der Waals surface area contributed by atoms with E-state index >= 15 is 0 Å². The monoisotopic (exact) mass is 425 g/mol. The Hall–Kier alpha value is -2.32. The molecule has 3 N–H and O–H groups in total. The summed E-state index contributed by atoms with van der Waals surface area (Å²) in [5.41, 5.74) is 2.23. The zero-order valence-corrected chi connectivity index (χ0v) is 18.7. The van der Waals surface area contributed by atoms with Crippen molar-refractivity contribution in [1.82, 2.24) is 25.5 Å². The van der Waals surface area contributed by atoms with Gasteiger partial charge in [-0.15, -0.1) is 5.10 Å². The van der Waals surface area contributed by atoms with Gasteiger partial charge < -0.3 is 20.7 Å². The predicted octanol–water partition coefficient (Wildman–Crippen LogP) is 3.35. The maximum Gasteiger partial charge on any atom is 0.149 e. The molecule has 0 spiro atoms. The van der Waals surface area contributed by atoms with E-state index in [0.717, 1.165) is 49.1 Å². The van der Waals surface area contributed by atoms with E-state index in [4.69, 9.17) is 4.74 Å². The van der Waals surface area contributed by atoms with Crippen molar-refractivity contribution in [3.63, 3.8) is 0 Å². The maximum absolute atomic E-state index is 5.12. The zero-order valence-electron chi connectivity index (χ0n) is 18.7. The Bertz CT molecular complexity index is 834. The van der Waals surface area contributed by atoms with Crippen LogP contribution in [0.15, 0.2) is 24.7 Å². The fraction of sp³-hybridized carbons (Fsp3) is 0.652. The minimum absolute atomic E-state index is 0.419. The van der Waals surface area contributed by atoms with Crippen molar-refractivity contribution in [2.45, 2.75) is 51.5 Å². The van der Waals surface area contributed by atoms with Crippen LogP contribution in [-0.4, -0.2) is 59.6 Å². The lowest BCUT2D eigenvalue weighted by atomic mass is 9.86. The number of nitrogens with one attached hydrogen (secondary N) is 3. The molecular formula is C23H35N7O. The number of hydrogen-bond donors (Lipinski definition) is 3. The van der Waals surface area contributed by atoms with Crippen molar-refractivity contribution in [3.05, 3.63) is 24.7 Å². The van der Waals surface area contributed by atoms with Crippen LogP contribution >= 0.6 is 0 Å². The molecular weight excluding hydrogens is 390 g/mol. The van der Waals surface area contributed by atoms with Crippen LogP contribution in [0.2, 0.25) is 0 Å². The molecule has 0 saturated heterocycles. The standard InChI is InChI=1S/C23H35N7O/c1-23(7-8-23)15-26-22-11-18(14-29-30-22)20-12-21(28-16-27-20)25-13-17-3-5-19(6-4-17)24-9-10-31-2/h11-12,14,16-17,19,24H,3-10,13,15H2,1-2H3,(H,26,30)(H,25,27,28). The first-order chi connectivity index (χ1) is 15.1. The number of nitrogens with zero attached hydrogens (tertiary/aromatic N) is 4. The van der Waals surface area contributed by atoms with Crippen molar-refractivity contribution in [2.24, 2.45) is 11.3 Å². The second-order valence-electron chi connectivity index (χ2n) is 9.33. The van der Waals surface area contributed by atoms with Crippen LogP contribution in [0.25, 0.3) is 11.3 Å². The van der Waals surface area contributed by atoms with Gasteiger partial charge in [0, 0.05) is 44.4 Å². The lowest BCUT2D eigenvalue weighted by Crippen LogP contribution is -2.36. The molecule has 168 valence electrons. The smallest absolute Gasteiger partial charge is 0.149 e. The van der Waals surface area contributed by atoms with Crippen LogP contribution in [0.5, 0.6) is 0 Å². The van der Waals surface area contributed by atoms with Crippen molar-refractivity contribution in [3.8, 4) is 11.3 Å². The first kappa shape index (κ1) is 21.9. The largest absolute Gasteiger partial charge is 0.383 e. The third-order valence-corrected chi connectivity index (χ3v) is 6.58. The van der Waals surface area contributed by atoms with Crippen LogP contribution in [0.4, 0.5) is 11.6 Å². The normalized spacial score (nSPS) is 22.1. The summed E-state index contributed by atoms with van der Waals surface area (Å²) in [6, 6.07) is 4.64. The van der Waals surface area contributed by atoms with Gasteiger partial charge >= 0.3 is 0 Å². The molecule has 2 aromatic heterocycles. The Labute approximate surface area is 185 Å². The molecule has 31 heavy (non-hydrogen) atoms. The SMILES string of the molecule is COCCNC1CCC(CNc2cc(-c3cnnc(NCC4(C)CC4)c3)ncn2)CC1. The highest BCUT2D eigenvalue weighted by atomic mass is 16.5. The van der Waals surface area contributed by atoms with Gasteiger partial charge in [-0.1, -0.05) is 6.92 Å². The molecule has 4 rings (SSSR count). The highest BCUT2D eigenvalue weighted by Gasteiger charge is 2.36. The molecule has 2 aliphatic rings. The van der Waals surface area contributed by atoms with Gasteiger partial charge in [0.1, 0.15) is 18.0 Å². The molecule has 2 aromatic rings. The topological polar surface area (TPSA) is 96.9 Å². The molecule has 2 saturated carbocycles. The van der Waals surface area contributed by atoms with Gasteiger partial charge in [0.2, 0.25) is 0 Å². The summed E-state index contributed by atoms with van der Waals surface area (Å²) in [4.78, 5) is 8.86. The van der Waals surface area contributed by atoms with Crippen molar-refractivity contribution in [2.75, 3.05) is 44.0 Å². The molecule has 0 aliphatic heterocycles. The highest BCUT2D eigenvalue weighted by Crippen LogP contribution is 2.44. The van der Waals surface area contributed by atoms with E-state index in [1.807, 2.05) is 12.1 Å². The van der Waals surface area contributed by atoms with Gasteiger partial charge in [0.05, 0.1) is 18.5 Å². The maximum atomic E-state index is 5.12. The van der Waals surface area contributed by atoms with Gasteiger partial charge in [0.15, 0.2) is 0 Å². The number of aromatic nitrogens is 4. The summed E-state index contributed by atoms with van der Waals surface area (Å²) in [6.07, 6.45) is 10.8. The Morgan fingerprint density at radius 1 is 1.06 bits per heavy atom. The van der Waals surface area contributed by atoms with Crippen LogP contribution in [-0.2, 0) is 4.74 Å². The summed E-state index contributed by atoms with van der Waals surface area (Å²) >= 11 is 0. The molecule has 0 unspecified atom stereocenters. The highest BCUT2D eigenvalue weighted by molar-refractivity contribution is 5.64. The van der Waals surface area contributed by atoms with Gasteiger partial charge in [-0.25, -0.2) is 9.97 Å². The Kier molecular flexibility index (Phi) is 7.29. The van der Waals surface area contributed by atoms with E-state index in [-0.39, 0.29) is 0 Å². The number of anilines is 2. The molecule has 8 heteroatoms. The minimum Gasteiger partial charge on any atom is -0.383 e. The second kappa shape index (κ2) is 10.3. The van der Waals surface area contributed by atoms with Crippen LogP contribution in [0.3, 0.4) is 0 Å². The predicted molar refractivity (Wildman–Crippen MR) is 123 cm³/mol. The van der Waals surface area contributed by atoms with Crippen LogP contribution < -0.4 is 16.0 Å². The van der Waals surface area contributed by atoms with Crippen LogP contribution in [0, 0.1) is 11.3 Å². The van der Waals surface area contributed by atoms with E-state index in [0.29, 0.717) is 17.4 Å². The molecule has 0 amide bonds. The van der Waals surface area contributed by atoms with E-state index in [1.165, 1.54) is 38.5 Å². The number of methoxy groups -OCH3 is 1. The zero-order chi connectivity index (χ0) is 21.5. The third kappa shape index (κ3) is 6.58. The molecule has 0 radical (unpaired) electrons. The minimum atomic E-state index is 0.419. The number of ether oxygens (including phenoxy) is 1. The summed E-state index contributed by atoms with van der Waals surface area (Å²) in [7, 11) is 1.75. The van der Waals surface area contributed by atoms with Crippen LogP contribution in [0.1, 0.15) is 45.4 Å². The molecule has 2 heterocycles. The first-order valence-corrected chi connectivity index (χ1v) is 11.5. The van der Waals surface area contributed by atoms with Crippen molar-refractivity contribution in [1.29, 1.82) is 0 Å². The fourth-order valence-corrected chi connectivity index (χ4v) is 4.08. The molecule has 2 fully saturated rings. The van der Waals surface area contributed by atoms with Gasteiger partial charge in [-0.3, -0.25) is 0 Å². The van der Waals surface area contributed by atoms with E-state index in [1.54, 1.807) is 19.6 Å². The summed E-state index contributed by atoms with van der Waals surface area (Å²) < 4.78 is 5.12. The van der Waals surface area contributed by atoms with Gasteiger partial charge in [-0.2, -0.15) is 5.10 Å². The van der Waals surface area contributed by atoms with E-state index < -0.39 is 0 Å². The quantitative estimate of drug-likeness (QED) is 0.472. The lowest BCUT2D eigenvalue weighted by molar-refractivity contribution is 0.189. The number of hydrogen-bond acceptors (Lipinski definition) is 8. The van der Waals surface area contributed by atoms with Crippen molar-refractivity contribution < 1.29 is 4.74 Å². The lowest BCUT2D eigenvalue weighted by Gasteiger charge is -2.29. The van der Waals surface area contributed by atoms with E-state index in [9.17, 15) is 0 Å². The summed E-state index contributed by atoms with van der Waals surface area (Å²) in [5, 5.41) is 18.9. The average molecular weight is 426 g/mol. The van der Waals surface area contributed by atoms with Gasteiger partial charge in [0.25, 0.3) is 0 Å². The molecule has 0 bridgehead atoms. The van der Waals surface area contributed by atoms with Gasteiger partial charge in [-0.05, 0) is 55.9 Å². The number of rotatable bonds is 11. The molecule has 2 aliphatic carbocycles. The third-order valence-electron chi connectivity index (χ3n) is 6.58. The Morgan fingerprint density at radius 2 is 1.90 bits per heavy atom. The molecule has 0 atom stereocenters. The van der Waals surface area contributed by atoms with E-state index in [2.05, 4.69) is 43.0 Å². The Morgan fingerprint density at radius 3 is 2.68 bits per heavy atom.